The monoisotopic (exact) mass is 468 g/mol. The Labute approximate surface area is 204 Å². The predicted molar refractivity (Wildman–Crippen MR) is 134 cm³/mol. The highest BCUT2D eigenvalue weighted by Gasteiger charge is 2.27. The summed E-state index contributed by atoms with van der Waals surface area (Å²) in [5.41, 5.74) is 7.02. The van der Waals surface area contributed by atoms with E-state index in [0.29, 0.717) is 17.3 Å². The Morgan fingerprint density at radius 2 is 2.00 bits per heavy atom. The minimum atomic E-state index is 0.630. The van der Waals surface area contributed by atoms with E-state index in [9.17, 15) is 0 Å². The van der Waals surface area contributed by atoms with Gasteiger partial charge >= 0.3 is 0 Å². The number of hydrogen-bond acceptors (Lipinski definition) is 4. The van der Waals surface area contributed by atoms with E-state index in [2.05, 4.69) is 61.5 Å². The van der Waals surface area contributed by atoms with Crippen molar-refractivity contribution in [2.45, 2.75) is 32.7 Å². The lowest BCUT2D eigenvalue weighted by atomic mass is 10.0. The molecule has 170 valence electrons. The second-order valence-electron chi connectivity index (χ2n) is 9.24. The van der Waals surface area contributed by atoms with Crippen molar-refractivity contribution in [1.82, 2.24) is 19.3 Å². The Hall–Kier alpha value is -3.56. The van der Waals surface area contributed by atoms with Crippen LogP contribution in [0.1, 0.15) is 37.3 Å². The average molecular weight is 469 g/mol. The van der Waals surface area contributed by atoms with Crippen LogP contribution in [0.15, 0.2) is 54.9 Å². The van der Waals surface area contributed by atoms with E-state index >= 15 is 0 Å². The van der Waals surface area contributed by atoms with Crippen LogP contribution in [0.2, 0.25) is 5.15 Å². The van der Waals surface area contributed by atoms with Crippen molar-refractivity contribution in [3.63, 3.8) is 0 Å². The molecule has 0 aliphatic carbocycles. The molecule has 0 radical (unpaired) electrons. The number of fused-ring (bicyclic) bond motifs is 5. The van der Waals surface area contributed by atoms with Crippen molar-refractivity contribution in [1.29, 1.82) is 5.26 Å². The minimum absolute atomic E-state index is 0.630. The summed E-state index contributed by atoms with van der Waals surface area (Å²) in [5, 5.41) is 18.5. The van der Waals surface area contributed by atoms with Crippen molar-refractivity contribution >= 4 is 17.3 Å². The van der Waals surface area contributed by atoms with Gasteiger partial charge in [0.25, 0.3) is 0 Å². The molecule has 1 atom stereocenters. The van der Waals surface area contributed by atoms with Gasteiger partial charge in [-0.2, -0.15) is 5.26 Å². The molecule has 7 heteroatoms. The van der Waals surface area contributed by atoms with Crippen molar-refractivity contribution in [3.05, 3.63) is 71.1 Å². The van der Waals surface area contributed by atoms with Gasteiger partial charge in [0.15, 0.2) is 5.82 Å². The lowest BCUT2D eigenvalue weighted by Crippen LogP contribution is -2.20. The van der Waals surface area contributed by atoms with Crippen molar-refractivity contribution in [3.8, 4) is 34.4 Å². The molecular weight excluding hydrogens is 444 g/mol. The average Bonchev–Trinajstić information content (AvgIpc) is 3.58. The first-order chi connectivity index (χ1) is 16.7. The molecule has 34 heavy (non-hydrogen) atoms. The smallest absolute Gasteiger partial charge is 0.185 e. The normalized spacial score (nSPS) is 16.5. The summed E-state index contributed by atoms with van der Waals surface area (Å²) >= 11 is 6.97. The van der Waals surface area contributed by atoms with Crippen LogP contribution in [0.4, 0.5) is 5.69 Å². The van der Waals surface area contributed by atoms with Gasteiger partial charge in [-0.05, 0) is 66.3 Å². The maximum atomic E-state index is 9.14. The van der Waals surface area contributed by atoms with Crippen LogP contribution in [0.5, 0.6) is 0 Å². The summed E-state index contributed by atoms with van der Waals surface area (Å²) in [7, 11) is 0. The van der Waals surface area contributed by atoms with Crippen molar-refractivity contribution in [2.24, 2.45) is 5.92 Å². The standard InChI is InChI=1S/C27H25ClN6/c1-2-3-19-10-11-32(15-19)22-8-9-24-21(12-22)16-33-25(27-31-30-17-34(24)27)13-23(26(33)28)20-6-4-18(14-29)5-7-20/h4-9,12-13,17,19H,2-3,10-11,15-16H2,1H3/t19-/m0/s1. The second-order valence-corrected chi connectivity index (χ2v) is 9.59. The Morgan fingerprint density at radius 3 is 2.79 bits per heavy atom. The van der Waals surface area contributed by atoms with E-state index in [1.165, 1.54) is 30.5 Å². The maximum absolute atomic E-state index is 9.14. The highest BCUT2D eigenvalue weighted by Crippen LogP contribution is 2.40. The van der Waals surface area contributed by atoms with E-state index in [1.54, 1.807) is 6.33 Å². The van der Waals surface area contributed by atoms with Crippen LogP contribution in [0, 0.1) is 17.2 Å². The summed E-state index contributed by atoms with van der Waals surface area (Å²) in [6.07, 6.45) is 5.59. The summed E-state index contributed by atoms with van der Waals surface area (Å²) in [6, 6.07) is 18.5. The van der Waals surface area contributed by atoms with Gasteiger partial charge in [-0.1, -0.05) is 37.1 Å². The summed E-state index contributed by atoms with van der Waals surface area (Å²) in [6.45, 7) is 5.16. The number of anilines is 1. The van der Waals surface area contributed by atoms with E-state index in [4.69, 9.17) is 16.9 Å². The summed E-state index contributed by atoms with van der Waals surface area (Å²) < 4.78 is 4.18. The van der Waals surface area contributed by atoms with Gasteiger partial charge in [0.05, 0.1) is 29.6 Å². The first kappa shape index (κ1) is 21.0. The Balaban J connectivity index is 1.42. The number of aromatic nitrogens is 4. The number of rotatable bonds is 4. The van der Waals surface area contributed by atoms with Gasteiger partial charge in [-0.25, -0.2) is 0 Å². The van der Waals surface area contributed by atoms with Crippen LogP contribution in [0.25, 0.3) is 28.3 Å². The van der Waals surface area contributed by atoms with Gasteiger partial charge in [-0.15, -0.1) is 10.2 Å². The molecule has 0 N–H and O–H groups in total. The van der Waals surface area contributed by atoms with Gasteiger partial charge < -0.3 is 9.47 Å². The van der Waals surface area contributed by atoms with Crippen LogP contribution in [0.3, 0.4) is 0 Å². The Bertz CT molecular complexity index is 1410. The Morgan fingerprint density at radius 1 is 1.15 bits per heavy atom. The number of halogens is 1. The molecule has 6 rings (SSSR count). The molecule has 2 aromatic carbocycles. The quantitative estimate of drug-likeness (QED) is 0.328. The number of benzene rings is 2. The molecule has 0 amide bonds. The minimum Gasteiger partial charge on any atom is -0.371 e. The van der Waals surface area contributed by atoms with Crippen LogP contribution >= 0.6 is 11.6 Å². The summed E-state index contributed by atoms with van der Waals surface area (Å²) in [5.74, 6) is 1.56. The highest BCUT2D eigenvalue weighted by atomic mass is 35.5. The first-order valence-corrected chi connectivity index (χ1v) is 12.2. The highest BCUT2D eigenvalue weighted by molar-refractivity contribution is 6.32. The molecular formula is C27H25ClN6. The van der Waals surface area contributed by atoms with Gasteiger partial charge in [-0.3, -0.25) is 4.57 Å². The predicted octanol–water partition coefficient (Wildman–Crippen LogP) is 5.92. The van der Waals surface area contributed by atoms with Gasteiger partial charge in [0.1, 0.15) is 11.5 Å². The lowest BCUT2D eigenvalue weighted by Gasteiger charge is -2.21. The van der Waals surface area contributed by atoms with E-state index in [1.807, 2.05) is 24.3 Å². The molecule has 0 saturated carbocycles. The topological polar surface area (TPSA) is 62.7 Å². The van der Waals surface area contributed by atoms with Crippen LogP contribution in [-0.2, 0) is 6.54 Å². The van der Waals surface area contributed by atoms with Crippen LogP contribution in [-0.4, -0.2) is 32.4 Å². The fourth-order valence-electron chi connectivity index (χ4n) is 5.39. The summed E-state index contributed by atoms with van der Waals surface area (Å²) in [4.78, 5) is 2.51. The molecule has 2 aliphatic rings. The largest absolute Gasteiger partial charge is 0.371 e. The first-order valence-electron chi connectivity index (χ1n) is 11.8. The maximum Gasteiger partial charge on any atom is 0.185 e. The lowest BCUT2D eigenvalue weighted by molar-refractivity contribution is 0.530. The van der Waals surface area contributed by atoms with E-state index in [-0.39, 0.29) is 0 Å². The molecule has 0 spiro atoms. The third-order valence-corrected chi connectivity index (χ3v) is 7.54. The SMILES string of the molecule is CCC[C@H]1CCN(c2ccc3c(c2)Cn2c(cc(-c4ccc(C#N)cc4)c2Cl)-c2nncn2-3)C1. The van der Waals surface area contributed by atoms with Gasteiger partial charge in [0.2, 0.25) is 0 Å². The molecule has 0 unspecified atom stereocenters. The third kappa shape index (κ3) is 3.39. The fourth-order valence-corrected chi connectivity index (χ4v) is 5.70. The number of nitrogens with zero attached hydrogens (tertiary/aromatic N) is 6. The van der Waals surface area contributed by atoms with Crippen LogP contribution < -0.4 is 4.90 Å². The van der Waals surface area contributed by atoms with Crippen molar-refractivity contribution < 1.29 is 0 Å². The second kappa shape index (κ2) is 8.34. The molecule has 6 nitrogen and oxygen atoms in total. The fraction of sp³-hybridized carbons (Fsp3) is 0.296. The van der Waals surface area contributed by atoms with E-state index in [0.717, 1.165) is 47.3 Å². The molecule has 4 aromatic rings. The molecule has 0 bridgehead atoms. The van der Waals surface area contributed by atoms with E-state index < -0.39 is 0 Å². The van der Waals surface area contributed by atoms with Gasteiger partial charge in [0, 0.05) is 24.3 Å². The Kier molecular flexibility index (Phi) is 5.15. The molecule has 1 fully saturated rings. The number of hydrogen-bond donors (Lipinski definition) is 0. The molecule has 2 aromatic heterocycles. The number of nitriles is 1. The third-order valence-electron chi connectivity index (χ3n) is 7.13. The zero-order valence-electron chi connectivity index (χ0n) is 19.1. The molecule has 4 heterocycles. The molecule has 2 aliphatic heterocycles. The molecule has 1 saturated heterocycles. The zero-order valence-corrected chi connectivity index (χ0v) is 19.8. The zero-order chi connectivity index (χ0) is 23.2. The van der Waals surface area contributed by atoms with Crippen molar-refractivity contribution in [2.75, 3.05) is 18.0 Å².